The number of aryl methyl sites for hydroxylation is 1. The molecule has 78 valence electrons. The van der Waals surface area contributed by atoms with Crippen molar-refractivity contribution in [2.75, 3.05) is 0 Å². The highest BCUT2D eigenvalue weighted by Crippen LogP contribution is 2.14. The number of hydrogen-bond donors (Lipinski definition) is 0. The molecule has 0 nitrogen and oxygen atoms in total. The first-order valence-corrected chi connectivity index (χ1v) is 5.47. The summed E-state index contributed by atoms with van der Waals surface area (Å²) in [6.45, 7) is 2.01. The van der Waals surface area contributed by atoms with E-state index in [9.17, 15) is 0 Å². The fraction of sp³-hybridized carbons (Fsp3) is 0.0667. The summed E-state index contributed by atoms with van der Waals surface area (Å²) in [7, 11) is 0. The third-order valence-corrected chi connectivity index (χ3v) is 2.54. The Hall–Kier alpha value is -1.71. The quantitative estimate of drug-likeness (QED) is 0.595. The molecule has 2 aromatic rings. The average Bonchev–Trinajstić information content (AvgIpc) is 2.29. The molecular formula is C15H11Cl. The van der Waals surface area contributed by atoms with Gasteiger partial charge in [-0.1, -0.05) is 41.6 Å². The third-order valence-electron chi connectivity index (χ3n) is 2.30. The lowest BCUT2D eigenvalue weighted by Crippen LogP contribution is -1.81. The van der Waals surface area contributed by atoms with Crippen molar-refractivity contribution in [3.05, 3.63) is 70.2 Å². The molecule has 1 heteroatoms. The van der Waals surface area contributed by atoms with Gasteiger partial charge in [-0.15, -0.1) is 0 Å². The fourth-order valence-corrected chi connectivity index (χ4v) is 1.65. The van der Waals surface area contributed by atoms with E-state index in [0.717, 1.165) is 21.7 Å². The second-order valence-corrected chi connectivity index (χ2v) is 4.01. The van der Waals surface area contributed by atoms with Gasteiger partial charge in [-0.25, -0.2) is 0 Å². The normalized spacial score (nSPS) is 9.38. The molecule has 0 aliphatic rings. The van der Waals surface area contributed by atoms with Crippen LogP contribution in [0.25, 0.3) is 0 Å². The van der Waals surface area contributed by atoms with E-state index in [2.05, 4.69) is 11.8 Å². The maximum atomic E-state index is 5.89. The van der Waals surface area contributed by atoms with E-state index >= 15 is 0 Å². The smallest absolute Gasteiger partial charge is 0.0409 e. The molecule has 2 aromatic carbocycles. The summed E-state index contributed by atoms with van der Waals surface area (Å²) in [5.74, 6) is 6.28. The summed E-state index contributed by atoms with van der Waals surface area (Å²) in [6, 6.07) is 15.7. The highest BCUT2D eigenvalue weighted by molar-refractivity contribution is 6.30. The van der Waals surface area contributed by atoms with Gasteiger partial charge < -0.3 is 0 Å². The lowest BCUT2D eigenvalue weighted by atomic mass is 10.1. The minimum absolute atomic E-state index is 0.753. The summed E-state index contributed by atoms with van der Waals surface area (Å²) < 4.78 is 0. The first kappa shape index (κ1) is 10.8. The van der Waals surface area contributed by atoms with Gasteiger partial charge in [0.25, 0.3) is 0 Å². The van der Waals surface area contributed by atoms with E-state index in [4.69, 9.17) is 11.6 Å². The molecule has 0 bridgehead atoms. The second kappa shape index (κ2) is 4.88. The topological polar surface area (TPSA) is 0 Å². The standard InChI is InChI=1S/C15H11Cl/c1-12-11-15(16)10-9-14(12)8-7-13-5-3-2-4-6-13/h2-6,9-11H,1H3. The van der Waals surface area contributed by atoms with E-state index in [-0.39, 0.29) is 0 Å². The van der Waals surface area contributed by atoms with Crippen molar-refractivity contribution < 1.29 is 0 Å². The lowest BCUT2D eigenvalue weighted by molar-refractivity contribution is 1.44. The summed E-state index contributed by atoms with van der Waals surface area (Å²) in [5, 5.41) is 0.753. The van der Waals surface area contributed by atoms with Gasteiger partial charge >= 0.3 is 0 Å². The predicted octanol–water partition coefficient (Wildman–Crippen LogP) is 4.05. The first-order valence-electron chi connectivity index (χ1n) is 5.09. The third kappa shape index (κ3) is 2.66. The molecule has 0 fully saturated rings. The van der Waals surface area contributed by atoms with Crippen LogP contribution < -0.4 is 0 Å². The van der Waals surface area contributed by atoms with Gasteiger partial charge in [-0.2, -0.15) is 0 Å². The van der Waals surface area contributed by atoms with E-state index in [1.165, 1.54) is 0 Å². The van der Waals surface area contributed by atoms with Crippen molar-refractivity contribution >= 4 is 11.6 Å². The van der Waals surface area contributed by atoms with E-state index in [0.29, 0.717) is 0 Å². The second-order valence-electron chi connectivity index (χ2n) is 3.58. The van der Waals surface area contributed by atoms with Gasteiger partial charge in [0, 0.05) is 16.1 Å². The molecule has 0 aliphatic carbocycles. The lowest BCUT2D eigenvalue weighted by Gasteiger charge is -1.97. The average molecular weight is 227 g/mol. The minimum atomic E-state index is 0.753. The molecule has 0 heterocycles. The van der Waals surface area contributed by atoms with Crippen LogP contribution in [0, 0.1) is 18.8 Å². The highest BCUT2D eigenvalue weighted by atomic mass is 35.5. The van der Waals surface area contributed by atoms with Crippen LogP contribution >= 0.6 is 11.6 Å². The molecule has 0 unspecified atom stereocenters. The molecule has 0 saturated carbocycles. The van der Waals surface area contributed by atoms with Gasteiger partial charge in [-0.05, 0) is 42.8 Å². The van der Waals surface area contributed by atoms with Crippen LogP contribution in [0.2, 0.25) is 5.02 Å². The maximum absolute atomic E-state index is 5.89. The van der Waals surface area contributed by atoms with Gasteiger partial charge in [0.05, 0.1) is 0 Å². The fourth-order valence-electron chi connectivity index (χ4n) is 1.43. The molecule has 0 amide bonds. The molecular weight excluding hydrogens is 216 g/mol. The monoisotopic (exact) mass is 226 g/mol. The van der Waals surface area contributed by atoms with Crippen LogP contribution in [0.5, 0.6) is 0 Å². The Morgan fingerprint density at radius 3 is 2.38 bits per heavy atom. The largest absolute Gasteiger partial charge is 0.0843 e. The minimum Gasteiger partial charge on any atom is -0.0843 e. The maximum Gasteiger partial charge on any atom is 0.0409 e. The summed E-state index contributed by atoms with van der Waals surface area (Å²) in [5.41, 5.74) is 3.15. The van der Waals surface area contributed by atoms with Crippen LogP contribution in [-0.2, 0) is 0 Å². The number of benzene rings is 2. The van der Waals surface area contributed by atoms with Crippen molar-refractivity contribution in [2.24, 2.45) is 0 Å². The van der Waals surface area contributed by atoms with Crippen molar-refractivity contribution in [1.29, 1.82) is 0 Å². The first-order chi connectivity index (χ1) is 7.75. The van der Waals surface area contributed by atoms with Crippen LogP contribution in [0.4, 0.5) is 0 Å². The molecule has 0 atom stereocenters. The zero-order chi connectivity index (χ0) is 11.4. The van der Waals surface area contributed by atoms with Gasteiger partial charge in [0.15, 0.2) is 0 Å². The molecule has 0 spiro atoms. The Labute approximate surface area is 101 Å². The van der Waals surface area contributed by atoms with Crippen molar-refractivity contribution in [3.8, 4) is 11.8 Å². The van der Waals surface area contributed by atoms with E-state index < -0.39 is 0 Å². The molecule has 0 aromatic heterocycles. The van der Waals surface area contributed by atoms with Crippen molar-refractivity contribution in [1.82, 2.24) is 0 Å². The van der Waals surface area contributed by atoms with Crippen LogP contribution in [0.15, 0.2) is 48.5 Å². The zero-order valence-electron chi connectivity index (χ0n) is 9.00. The molecule has 0 radical (unpaired) electrons. The molecule has 0 N–H and O–H groups in total. The zero-order valence-corrected chi connectivity index (χ0v) is 9.75. The van der Waals surface area contributed by atoms with Crippen molar-refractivity contribution in [2.45, 2.75) is 6.92 Å². The Bertz CT molecular complexity index is 545. The Kier molecular flexibility index (Phi) is 3.29. The summed E-state index contributed by atoms with van der Waals surface area (Å²) in [4.78, 5) is 0. The Morgan fingerprint density at radius 2 is 1.69 bits per heavy atom. The van der Waals surface area contributed by atoms with E-state index in [1.54, 1.807) is 0 Å². The van der Waals surface area contributed by atoms with Crippen LogP contribution in [0.3, 0.4) is 0 Å². The number of hydrogen-bond acceptors (Lipinski definition) is 0. The van der Waals surface area contributed by atoms with Crippen molar-refractivity contribution in [3.63, 3.8) is 0 Å². The van der Waals surface area contributed by atoms with Gasteiger partial charge in [-0.3, -0.25) is 0 Å². The molecule has 0 saturated heterocycles. The number of halogens is 1. The highest BCUT2D eigenvalue weighted by Gasteiger charge is 1.94. The van der Waals surface area contributed by atoms with Crippen LogP contribution in [0.1, 0.15) is 16.7 Å². The Balaban J connectivity index is 2.31. The molecule has 16 heavy (non-hydrogen) atoms. The predicted molar refractivity (Wildman–Crippen MR) is 68.6 cm³/mol. The summed E-state index contributed by atoms with van der Waals surface area (Å²) in [6.07, 6.45) is 0. The molecule has 0 aliphatic heterocycles. The van der Waals surface area contributed by atoms with Gasteiger partial charge in [0.1, 0.15) is 0 Å². The molecule has 2 rings (SSSR count). The van der Waals surface area contributed by atoms with Gasteiger partial charge in [0.2, 0.25) is 0 Å². The summed E-state index contributed by atoms with van der Waals surface area (Å²) >= 11 is 5.89. The number of rotatable bonds is 0. The van der Waals surface area contributed by atoms with Crippen LogP contribution in [-0.4, -0.2) is 0 Å². The SMILES string of the molecule is Cc1cc(Cl)ccc1C#Cc1ccccc1. The van der Waals surface area contributed by atoms with E-state index in [1.807, 2.05) is 55.5 Å². The Morgan fingerprint density at radius 1 is 0.938 bits per heavy atom.